The van der Waals surface area contributed by atoms with Crippen LogP contribution in [0.1, 0.15) is 29.0 Å². The predicted octanol–water partition coefficient (Wildman–Crippen LogP) is 2.33. The number of furan rings is 1. The third-order valence-electron chi connectivity index (χ3n) is 4.67. The summed E-state index contributed by atoms with van der Waals surface area (Å²) in [5, 5.41) is 13.8. The van der Waals surface area contributed by atoms with Gasteiger partial charge in [0.05, 0.1) is 39.7 Å². The molecule has 3 rings (SSSR count). The Morgan fingerprint density at radius 1 is 1.19 bits per heavy atom. The summed E-state index contributed by atoms with van der Waals surface area (Å²) in [6.45, 7) is 0.0432. The van der Waals surface area contributed by atoms with E-state index in [1.54, 1.807) is 24.3 Å². The number of amides is 1. The largest absolute Gasteiger partial charge is 0.493 e. The lowest BCUT2D eigenvalue weighted by Gasteiger charge is -2.26. The summed E-state index contributed by atoms with van der Waals surface area (Å²) in [5.74, 6) is 1.23. The van der Waals surface area contributed by atoms with Gasteiger partial charge in [-0.05, 0) is 43.0 Å². The molecule has 0 spiro atoms. The van der Waals surface area contributed by atoms with E-state index in [-0.39, 0.29) is 24.1 Å². The molecule has 1 aromatic heterocycles. The highest BCUT2D eigenvalue weighted by molar-refractivity contribution is 5.98. The van der Waals surface area contributed by atoms with Crippen molar-refractivity contribution in [1.82, 2.24) is 5.32 Å². The molecule has 1 unspecified atom stereocenters. The molecule has 0 radical (unpaired) electrons. The quantitative estimate of drug-likeness (QED) is 0.750. The number of benzene rings is 1. The lowest BCUT2D eigenvalue weighted by Crippen LogP contribution is -2.42. The van der Waals surface area contributed by atoms with Crippen molar-refractivity contribution in [3.05, 3.63) is 41.9 Å². The van der Waals surface area contributed by atoms with Crippen LogP contribution in [0, 0.1) is 5.92 Å². The fourth-order valence-corrected chi connectivity index (χ4v) is 3.11. The summed E-state index contributed by atoms with van der Waals surface area (Å²) in [6.07, 6.45) is 3.31. The Bertz CT molecular complexity index is 769. The van der Waals surface area contributed by atoms with Crippen LogP contribution in [0.3, 0.4) is 0 Å². The van der Waals surface area contributed by atoms with Gasteiger partial charge < -0.3 is 29.1 Å². The Kier molecular flexibility index (Phi) is 5.08. The highest BCUT2D eigenvalue weighted by Crippen LogP contribution is 2.46. The molecule has 1 atom stereocenters. The number of rotatable bonds is 8. The normalized spacial score (nSPS) is 15.8. The van der Waals surface area contributed by atoms with Gasteiger partial charge in [0.2, 0.25) is 5.75 Å². The molecule has 1 aromatic carbocycles. The van der Waals surface area contributed by atoms with E-state index in [1.165, 1.54) is 27.6 Å². The molecule has 2 N–H and O–H groups in total. The molecular weight excluding hydrogens is 338 g/mol. The molecule has 26 heavy (non-hydrogen) atoms. The second kappa shape index (κ2) is 7.29. The fraction of sp³-hybridized carbons (Fsp3) is 0.421. The van der Waals surface area contributed by atoms with Gasteiger partial charge in [0.15, 0.2) is 11.5 Å². The average Bonchev–Trinajstić information content (AvgIpc) is 3.38. The van der Waals surface area contributed by atoms with E-state index in [4.69, 9.17) is 18.6 Å². The molecule has 0 saturated heterocycles. The van der Waals surface area contributed by atoms with Gasteiger partial charge in [-0.2, -0.15) is 0 Å². The van der Waals surface area contributed by atoms with E-state index < -0.39 is 5.60 Å². The van der Waals surface area contributed by atoms with E-state index in [9.17, 15) is 9.90 Å². The monoisotopic (exact) mass is 361 g/mol. The molecule has 1 aliphatic carbocycles. The molecular formula is C19H23NO6. The molecule has 1 saturated carbocycles. The van der Waals surface area contributed by atoms with Crippen molar-refractivity contribution in [3.63, 3.8) is 0 Å². The lowest BCUT2D eigenvalue weighted by molar-refractivity contribution is -0.00613. The van der Waals surface area contributed by atoms with Gasteiger partial charge in [-0.1, -0.05) is 0 Å². The van der Waals surface area contributed by atoms with Crippen LogP contribution in [0.15, 0.2) is 34.9 Å². The zero-order valence-electron chi connectivity index (χ0n) is 15.1. The maximum Gasteiger partial charge on any atom is 0.255 e. The first-order chi connectivity index (χ1) is 12.5. The Hall–Kier alpha value is -2.67. The number of hydrogen-bond acceptors (Lipinski definition) is 6. The minimum absolute atomic E-state index is 0.0432. The van der Waals surface area contributed by atoms with Gasteiger partial charge in [-0.25, -0.2) is 0 Å². The molecule has 7 nitrogen and oxygen atoms in total. The van der Waals surface area contributed by atoms with Crippen molar-refractivity contribution < 1.29 is 28.5 Å². The second-order valence-electron chi connectivity index (χ2n) is 6.24. The number of ether oxygens (including phenoxy) is 3. The molecule has 140 valence electrons. The fourth-order valence-electron chi connectivity index (χ4n) is 3.11. The zero-order chi connectivity index (χ0) is 18.7. The van der Waals surface area contributed by atoms with Crippen LogP contribution in [0.25, 0.3) is 0 Å². The third-order valence-corrected chi connectivity index (χ3v) is 4.67. The maximum atomic E-state index is 12.7. The standard InChI is InChI=1S/C19H23NO6/c1-23-14-9-8-13(16(24-2)17(14)25-3)18(21)20-11-19(22,12-6-7-12)15-5-4-10-26-15/h4-5,8-10,12,22H,6-7,11H2,1-3H3,(H,20,21). The summed E-state index contributed by atoms with van der Waals surface area (Å²) in [7, 11) is 4.44. The van der Waals surface area contributed by atoms with Gasteiger partial charge in [-0.15, -0.1) is 0 Å². The minimum atomic E-state index is -1.22. The molecule has 0 bridgehead atoms. The number of nitrogens with one attached hydrogen (secondary N) is 1. The number of carbonyl (C=O) groups is 1. The molecule has 1 fully saturated rings. The first-order valence-electron chi connectivity index (χ1n) is 8.38. The van der Waals surface area contributed by atoms with E-state index in [0.717, 1.165) is 12.8 Å². The smallest absolute Gasteiger partial charge is 0.255 e. The first kappa shape index (κ1) is 18.1. The Morgan fingerprint density at radius 3 is 2.46 bits per heavy atom. The first-order valence-corrected chi connectivity index (χ1v) is 8.38. The van der Waals surface area contributed by atoms with E-state index in [2.05, 4.69) is 5.32 Å². The van der Waals surface area contributed by atoms with Crippen LogP contribution in [0.5, 0.6) is 17.2 Å². The molecule has 1 amide bonds. The molecule has 2 aromatic rings. The summed E-state index contributed by atoms with van der Waals surface area (Å²) in [5.41, 5.74) is -0.925. The summed E-state index contributed by atoms with van der Waals surface area (Å²) in [4.78, 5) is 12.7. The Labute approximate surface area is 151 Å². The van der Waals surface area contributed by atoms with Crippen molar-refractivity contribution in [1.29, 1.82) is 0 Å². The number of methoxy groups -OCH3 is 3. The van der Waals surface area contributed by atoms with Crippen molar-refractivity contribution in [2.24, 2.45) is 5.92 Å². The van der Waals surface area contributed by atoms with Crippen molar-refractivity contribution >= 4 is 5.91 Å². The molecule has 1 heterocycles. The highest BCUT2D eigenvalue weighted by Gasteiger charge is 2.47. The van der Waals surface area contributed by atoms with Crippen LogP contribution < -0.4 is 19.5 Å². The average molecular weight is 361 g/mol. The molecule has 1 aliphatic rings. The van der Waals surface area contributed by atoms with Crippen LogP contribution in [-0.2, 0) is 5.60 Å². The highest BCUT2D eigenvalue weighted by atomic mass is 16.5. The van der Waals surface area contributed by atoms with Crippen molar-refractivity contribution in [2.75, 3.05) is 27.9 Å². The van der Waals surface area contributed by atoms with Crippen LogP contribution in [0.4, 0.5) is 0 Å². The molecule has 0 aliphatic heterocycles. The van der Waals surface area contributed by atoms with Crippen LogP contribution in [-0.4, -0.2) is 38.9 Å². The predicted molar refractivity (Wildman–Crippen MR) is 93.8 cm³/mol. The topological polar surface area (TPSA) is 90.2 Å². The maximum absolute atomic E-state index is 12.7. The number of aliphatic hydroxyl groups is 1. The summed E-state index contributed by atoms with van der Waals surface area (Å²) in [6, 6.07) is 6.68. The third kappa shape index (κ3) is 3.22. The van der Waals surface area contributed by atoms with Crippen molar-refractivity contribution in [2.45, 2.75) is 18.4 Å². The Morgan fingerprint density at radius 2 is 1.92 bits per heavy atom. The van der Waals surface area contributed by atoms with E-state index in [1.807, 2.05) is 0 Å². The SMILES string of the molecule is COc1ccc(C(=O)NCC(O)(c2ccco2)C2CC2)c(OC)c1OC. The summed E-state index contributed by atoms with van der Waals surface area (Å²) < 4.78 is 21.3. The van der Waals surface area contributed by atoms with Gasteiger partial charge in [0.25, 0.3) is 5.91 Å². The second-order valence-corrected chi connectivity index (χ2v) is 6.24. The van der Waals surface area contributed by atoms with Gasteiger partial charge in [0, 0.05) is 0 Å². The van der Waals surface area contributed by atoms with E-state index in [0.29, 0.717) is 22.8 Å². The lowest BCUT2D eigenvalue weighted by atomic mass is 9.94. The Balaban J connectivity index is 1.82. The summed E-state index contributed by atoms with van der Waals surface area (Å²) >= 11 is 0. The zero-order valence-corrected chi connectivity index (χ0v) is 15.1. The number of carbonyl (C=O) groups excluding carboxylic acids is 1. The van der Waals surface area contributed by atoms with E-state index >= 15 is 0 Å². The van der Waals surface area contributed by atoms with Gasteiger partial charge in [-0.3, -0.25) is 4.79 Å². The number of hydrogen-bond donors (Lipinski definition) is 2. The van der Waals surface area contributed by atoms with Crippen LogP contribution >= 0.6 is 0 Å². The van der Waals surface area contributed by atoms with Gasteiger partial charge in [0.1, 0.15) is 11.4 Å². The van der Waals surface area contributed by atoms with Crippen molar-refractivity contribution in [3.8, 4) is 17.2 Å². The van der Waals surface area contributed by atoms with Crippen LogP contribution in [0.2, 0.25) is 0 Å². The minimum Gasteiger partial charge on any atom is -0.493 e. The molecule has 7 heteroatoms. The van der Waals surface area contributed by atoms with Gasteiger partial charge >= 0.3 is 0 Å².